The van der Waals surface area contributed by atoms with E-state index in [9.17, 15) is 33.2 Å². The Morgan fingerprint density at radius 1 is 0.937 bits per heavy atom. The predicted octanol–water partition coefficient (Wildman–Crippen LogP) is 8.72. The Kier molecular flexibility index (Phi) is 13.7. The highest BCUT2D eigenvalue weighted by molar-refractivity contribution is 7.99. The predicted molar refractivity (Wildman–Crippen MR) is 246 cm³/mol. The minimum Gasteiger partial charge on any atom is -0.493 e. The van der Waals surface area contributed by atoms with Crippen LogP contribution in [0.1, 0.15) is 44.8 Å². The molecule has 16 heteroatoms. The van der Waals surface area contributed by atoms with Gasteiger partial charge < -0.3 is 20.1 Å². The number of hydrogen-bond acceptors (Lipinski definition) is 11. The minimum atomic E-state index is -4.55. The number of nitrogens with zero attached hydrogens (tertiary/aromatic N) is 4. The smallest absolute Gasteiger partial charge is 0.356 e. The van der Waals surface area contributed by atoms with E-state index in [-0.39, 0.29) is 23.0 Å². The van der Waals surface area contributed by atoms with Crippen LogP contribution >= 0.6 is 11.8 Å². The van der Waals surface area contributed by atoms with Gasteiger partial charge in [0.2, 0.25) is 0 Å². The molecule has 2 heterocycles. The molecule has 0 aliphatic carbocycles. The molecule has 0 aliphatic rings. The van der Waals surface area contributed by atoms with Crippen LogP contribution in [0, 0.1) is 17.0 Å². The minimum absolute atomic E-state index is 0.0259. The van der Waals surface area contributed by atoms with Crippen molar-refractivity contribution >= 4 is 61.3 Å². The number of rotatable bonds is 19. The molecule has 0 aliphatic heterocycles. The standard InChI is InChI=1S/C47H46N6O8S2/c1-31-28-33(46(54)50-63(59,60)36-22-24-40(43(29-36)53(57)58)48-34(25-26-51(2)3)30-62-35-14-5-4-6-15-35)21-23-37(31)41-18-10-19-42-39(45(47(55)56)49-52(41)42)17-11-27-61-44-20-9-13-32-12-7-8-16-38(32)44/h4-10,12-16,18-24,28-29,34,48H,11,17,25-27,30H2,1-3H3,(H,50,54)(H,55,56)/t34-/m0/s1. The lowest BCUT2D eigenvalue weighted by Crippen LogP contribution is -2.31. The van der Waals surface area contributed by atoms with Crippen molar-refractivity contribution in [2.24, 2.45) is 0 Å². The molecule has 3 N–H and O–H groups in total. The molecular weight excluding hydrogens is 841 g/mol. The van der Waals surface area contributed by atoms with Gasteiger partial charge in [0.25, 0.3) is 21.6 Å². The largest absolute Gasteiger partial charge is 0.493 e. The molecule has 1 amide bonds. The number of nitro benzene ring substituents is 1. The van der Waals surface area contributed by atoms with Gasteiger partial charge in [0.05, 0.1) is 27.6 Å². The number of carbonyl (C=O) groups is 2. The van der Waals surface area contributed by atoms with Crippen LogP contribution in [0.5, 0.6) is 5.75 Å². The summed E-state index contributed by atoms with van der Waals surface area (Å²) >= 11 is 1.61. The number of aromatic nitrogens is 2. The summed E-state index contributed by atoms with van der Waals surface area (Å²) in [6.45, 7) is 2.82. The number of sulfonamides is 1. The molecule has 0 fully saturated rings. The number of carboxylic acid groups (broad SMARTS) is 1. The monoisotopic (exact) mass is 886 g/mol. The van der Waals surface area contributed by atoms with Crippen molar-refractivity contribution in [3.05, 3.63) is 160 Å². The number of benzene rings is 5. The van der Waals surface area contributed by atoms with Crippen LogP contribution in [0.2, 0.25) is 0 Å². The van der Waals surface area contributed by atoms with E-state index in [1.807, 2.05) is 91.8 Å². The summed E-state index contributed by atoms with van der Waals surface area (Å²) in [5.41, 5.74) is 2.61. The first-order chi connectivity index (χ1) is 30.3. The van der Waals surface area contributed by atoms with E-state index in [0.29, 0.717) is 59.5 Å². The van der Waals surface area contributed by atoms with E-state index in [1.165, 1.54) is 24.3 Å². The van der Waals surface area contributed by atoms with Crippen molar-refractivity contribution in [2.75, 3.05) is 38.3 Å². The summed E-state index contributed by atoms with van der Waals surface area (Å²) in [6, 6.07) is 36.9. The molecule has 0 radical (unpaired) electrons. The highest BCUT2D eigenvalue weighted by Crippen LogP contribution is 2.32. The van der Waals surface area contributed by atoms with Gasteiger partial charge >= 0.3 is 5.97 Å². The molecule has 63 heavy (non-hydrogen) atoms. The number of nitrogens with one attached hydrogen (secondary N) is 2. The van der Waals surface area contributed by atoms with Gasteiger partial charge in [-0.2, -0.15) is 5.10 Å². The molecule has 5 aromatic carbocycles. The van der Waals surface area contributed by atoms with Gasteiger partial charge in [-0.3, -0.25) is 14.9 Å². The number of nitro groups is 1. The molecule has 0 saturated heterocycles. The summed E-state index contributed by atoms with van der Waals surface area (Å²) in [7, 11) is -0.667. The molecule has 0 spiro atoms. The number of ether oxygens (including phenoxy) is 1. The number of hydrogen-bond donors (Lipinski definition) is 3. The summed E-state index contributed by atoms with van der Waals surface area (Å²) in [4.78, 5) is 40.1. The average molecular weight is 887 g/mol. The number of amides is 1. The first-order valence-electron chi connectivity index (χ1n) is 20.2. The van der Waals surface area contributed by atoms with Crippen LogP contribution in [-0.4, -0.2) is 83.9 Å². The second-order valence-electron chi connectivity index (χ2n) is 15.2. The van der Waals surface area contributed by atoms with Gasteiger partial charge in [0.1, 0.15) is 11.4 Å². The molecule has 14 nitrogen and oxygen atoms in total. The fourth-order valence-electron chi connectivity index (χ4n) is 7.32. The summed E-state index contributed by atoms with van der Waals surface area (Å²) in [5, 5.41) is 32.2. The van der Waals surface area contributed by atoms with Crippen LogP contribution in [0.25, 0.3) is 27.5 Å². The lowest BCUT2D eigenvalue weighted by atomic mass is 10.0. The SMILES string of the molecule is Cc1cc(C(=O)NS(=O)(=O)c2ccc(N[C@@H](CCN(C)C)CSc3ccccc3)c([N+](=O)[O-])c2)ccc1-c1cccc2c(CCCOc3cccc4ccccc34)c(C(=O)O)nn12. The fourth-order valence-corrected chi connectivity index (χ4v) is 9.31. The molecule has 0 bridgehead atoms. The summed E-state index contributed by atoms with van der Waals surface area (Å²) < 4.78 is 36.8. The molecule has 7 rings (SSSR count). The highest BCUT2D eigenvalue weighted by Gasteiger charge is 2.26. The second-order valence-corrected chi connectivity index (χ2v) is 18.0. The topological polar surface area (TPSA) is 185 Å². The van der Waals surface area contributed by atoms with Crippen molar-refractivity contribution in [3.8, 4) is 17.0 Å². The highest BCUT2D eigenvalue weighted by atomic mass is 32.2. The zero-order chi connectivity index (χ0) is 44.7. The van der Waals surface area contributed by atoms with Gasteiger partial charge in [0, 0.05) is 44.8 Å². The van der Waals surface area contributed by atoms with E-state index in [1.54, 1.807) is 47.5 Å². The molecule has 324 valence electrons. The molecule has 7 aromatic rings. The molecule has 0 saturated carbocycles. The van der Waals surface area contributed by atoms with Crippen LogP contribution in [0.15, 0.2) is 137 Å². The molecule has 1 atom stereocenters. The van der Waals surface area contributed by atoms with Gasteiger partial charge in [0.15, 0.2) is 5.69 Å². The van der Waals surface area contributed by atoms with Crippen LogP contribution in [0.3, 0.4) is 0 Å². The van der Waals surface area contributed by atoms with Crippen molar-refractivity contribution < 1.29 is 32.8 Å². The Balaban J connectivity index is 1.06. The van der Waals surface area contributed by atoms with E-state index >= 15 is 0 Å². The normalized spacial score (nSPS) is 12.1. The summed E-state index contributed by atoms with van der Waals surface area (Å²) in [6.07, 6.45) is 1.59. The first kappa shape index (κ1) is 44.3. The van der Waals surface area contributed by atoms with Gasteiger partial charge in [-0.05, 0) is 112 Å². The number of aryl methyl sites for hydroxylation is 2. The van der Waals surface area contributed by atoms with Gasteiger partial charge in [-0.15, -0.1) is 11.8 Å². The Labute approximate surface area is 369 Å². The van der Waals surface area contributed by atoms with Crippen LogP contribution < -0.4 is 14.8 Å². The van der Waals surface area contributed by atoms with Crippen molar-refractivity contribution in [2.45, 2.75) is 42.0 Å². The van der Waals surface area contributed by atoms with Gasteiger partial charge in [-0.25, -0.2) is 22.4 Å². The Hall–Kier alpha value is -6.75. The van der Waals surface area contributed by atoms with Gasteiger partial charge in [-0.1, -0.05) is 66.7 Å². The van der Waals surface area contributed by atoms with E-state index in [4.69, 9.17) is 4.74 Å². The Morgan fingerprint density at radius 3 is 2.43 bits per heavy atom. The average Bonchev–Trinajstić information content (AvgIpc) is 3.65. The number of pyridine rings is 1. The van der Waals surface area contributed by atoms with E-state index in [0.717, 1.165) is 34.0 Å². The third-order valence-electron chi connectivity index (χ3n) is 10.5. The Bertz CT molecular complexity index is 2920. The number of anilines is 1. The van der Waals surface area contributed by atoms with E-state index < -0.39 is 37.4 Å². The van der Waals surface area contributed by atoms with Crippen molar-refractivity contribution in [1.82, 2.24) is 19.2 Å². The maximum atomic E-state index is 13.5. The van der Waals surface area contributed by atoms with Crippen molar-refractivity contribution in [3.63, 3.8) is 0 Å². The third-order valence-corrected chi connectivity index (χ3v) is 13.0. The zero-order valence-electron chi connectivity index (χ0n) is 34.9. The number of fused-ring (bicyclic) bond motifs is 2. The molecule has 0 unspecified atom stereocenters. The molecular formula is C47H46N6O8S2. The quantitative estimate of drug-likeness (QED) is 0.0304. The number of thioether (sulfide) groups is 1. The van der Waals surface area contributed by atoms with Crippen molar-refractivity contribution in [1.29, 1.82) is 0 Å². The zero-order valence-corrected chi connectivity index (χ0v) is 36.5. The maximum Gasteiger partial charge on any atom is 0.356 e. The maximum absolute atomic E-state index is 13.5. The second kappa shape index (κ2) is 19.5. The summed E-state index contributed by atoms with van der Waals surface area (Å²) in [5.74, 6) is -0.749. The van der Waals surface area contributed by atoms with E-state index in [2.05, 4.69) is 15.1 Å². The number of carboxylic acids is 1. The lowest BCUT2D eigenvalue weighted by molar-refractivity contribution is -0.384. The Morgan fingerprint density at radius 2 is 1.68 bits per heavy atom. The first-order valence-corrected chi connectivity index (χ1v) is 22.7. The fraction of sp³-hybridized carbons (Fsp3) is 0.213. The van der Waals surface area contributed by atoms with Crippen LogP contribution in [-0.2, 0) is 16.4 Å². The molecule has 2 aromatic heterocycles. The lowest BCUT2D eigenvalue weighted by Gasteiger charge is -2.22. The van der Waals surface area contributed by atoms with Crippen LogP contribution in [0.4, 0.5) is 11.4 Å². The third kappa shape index (κ3) is 10.5. The number of aromatic carboxylic acids is 1. The number of carbonyl (C=O) groups excluding carboxylic acids is 1.